The Balaban J connectivity index is 1.63. The van der Waals surface area contributed by atoms with E-state index in [1.165, 1.54) is 0 Å². The van der Waals surface area contributed by atoms with Crippen LogP contribution >= 0.6 is 0 Å². The van der Waals surface area contributed by atoms with Gasteiger partial charge in [0.1, 0.15) is 5.75 Å². The highest BCUT2D eigenvalue weighted by Crippen LogP contribution is 2.27. The molecule has 0 aliphatic carbocycles. The maximum absolute atomic E-state index is 12.3. The molecule has 3 rings (SSSR count). The third-order valence-electron chi connectivity index (χ3n) is 4.79. The predicted molar refractivity (Wildman–Crippen MR) is 111 cm³/mol. The number of hydrogen-bond donors (Lipinski definition) is 3. The van der Waals surface area contributed by atoms with Crippen molar-refractivity contribution >= 4 is 28.9 Å². The van der Waals surface area contributed by atoms with Crippen LogP contribution in [0.4, 0.5) is 17.1 Å². The van der Waals surface area contributed by atoms with E-state index in [2.05, 4.69) is 20.9 Å². The fraction of sp³-hybridized carbons (Fsp3) is 0.333. The third kappa shape index (κ3) is 4.61. The number of nitrogens with zero attached hydrogens (tertiary/aromatic N) is 1. The molecule has 0 aromatic heterocycles. The summed E-state index contributed by atoms with van der Waals surface area (Å²) in [5.41, 5.74) is 3.95. The van der Waals surface area contributed by atoms with Crippen molar-refractivity contribution in [1.29, 1.82) is 0 Å². The zero-order valence-corrected chi connectivity index (χ0v) is 16.5. The highest BCUT2D eigenvalue weighted by molar-refractivity contribution is 6.43. The molecule has 0 spiro atoms. The highest BCUT2D eigenvalue weighted by atomic mass is 16.5. The first-order valence-electron chi connectivity index (χ1n) is 9.31. The molecule has 3 N–H and O–H groups in total. The summed E-state index contributed by atoms with van der Waals surface area (Å²) in [6, 6.07) is 11.2. The number of rotatable bonds is 4. The number of piperazine rings is 1. The highest BCUT2D eigenvalue weighted by Gasteiger charge is 2.17. The molecule has 0 bridgehead atoms. The molecule has 1 aliphatic heterocycles. The summed E-state index contributed by atoms with van der Waals surface area (Å²) in [7, 11) is 1.57. The van der Waals surface area contributed by atoms with E-state index in [1.807, 2.05) is 50.2 Å². The predicted octanol–water partition coefficient (Wildman–Crippen LogP) is 2.30. The standard InChI is InChI=1S/C21H26N4O3/c1-14-12-18(15(2)19(13-14)28-3)24-21(27)20(26)23-16-4-6-17(7-5-16)25-10-8-22-9-11-25/h4-7,12-13,22H,8-11H2,1-3H3,(H,23,26)(H,24,27). The first kappa shape index (κ1) is 19.7. The third-order valence-corrected chi connectivity index (χ3v) is 4.79. The first-order chi connectivity index (χ1) is 13.5. The Morgan fingerprint density at radius 2 is 1.64 bits per heavy atom. The van der Waals surface area contributed by atoms with Gasteiger partial charge in [-0.2, -0.15) is 0 Å². The molecule has 0 radical (unpaired) electrons. The Labute approximate surface area is 165 Å². The molecule has 2 aromatic rings. The number of carbonyl (C=O) groups excluding carboxylic acids is 2. The van der Waals surface area contributed by atoms with Crippen molar-refractivity contribution in [1.82, 2.24) is 5.32 Å². The number of aryl methyl sites for hydroxylation is 1. The zero-order valence-electron chi connectivity index (χ0n) is 16.5. The Bertz CT molecular complexity index is 859. The molecule has 0 atom stereocenters. The van der Waals surface area contributed by atoms with Gasteiger partial charge in [0.05, 0.1) is 7.11 Å². The van der Waals surface area contributed by atoms with Gasteiger partial charge >= 0.3 is 11.8 Å². The van der Waals surface area contributed by atoms with E-state index in [9.17, 15) is 9.59 Å². The minimum Gasteiger partial charge on any atom is -0.496 e. The van der Waals surface area contributed by atoms with Crippen molar-refractivity contribution in [3.05, 3.63) is 47.5 Å². The molecule has 7 heteroatoms. The van der Waals surface area contributed by atoms with Gasteiger partial charge in [-0.05, 0) is 55.8 Å². The van der Waals surface area contributed by atoms with Gasteiger partial charge in [-0.15, -0.1) is 0 Å². The van der Waals surface area contributed by atoms with Crippen LogP contribution in [-0.4, -0.2) is 45.1 Å². The van der Waals surface area contributed by atoms with Crippen LogP contribution in [0.15, 0.2) is 36.4 Å². The summed E-state index contributed by atoms with van der Waals surface area (Å²) in [5.74, 6) is -0.768. The van der Waals surface area contributed by atoms with E-state index in [4.69, 9.17) is 4.74 Å². The number of amides is 2. The van der Waals surface area contributed by atoms with Gasteiger partial charge in [-0.25, -0.2) is 0 Å². The summed E-state index contributed by atoms with van der Waals surface area (Å²) in [6.45, 7) is 7.56. The maximum atomic E-state index is 12.3. The Morgan fingerprint density at radius 1 is 1.00 bits per heavy atom. The van der Waals surface area contributed by atoms with Crippen LogP contribution in [0.25, 0.3) is 0 Å². The quantitative estimate of drug-likeness (QED) is 0.707. The summed E-state index contributed by atoms with van der Waals surface area (Å²) in [4.78, 5) is 26.9. The molecule has 1 saturated heterocycles. The molecule has 7 nitrogen and oxygen atoms in total. The molecule has 148 valence electrons. The fourth-order valence-electron chi connectivity index (χ4n) is 3.21. The van der Waals surface area contributed by atoms with Crippen LogP contribution in [0.3, 0.4) is 0 Å². The number of anilines is 3. The van der Waals surface area contributed by atoms with Gasteiger partial charge in [0.25, 0.3) is 0 Å². The van der Waals surface area contributed by atoms with Crippen molar-refractivity contribution in [3.63, 3.8) is 0 Å². The van der Waals surface area contributed by atoms with Crippen molar-refractivity contribution < 1.29 is 14.3 Å². The molecule has 1 fully saturated rings. The van der Waals surface area contributed by atoms with Gasteiger partial charge < -0.3 is 25.6 Å². The molecule has 2 amide bonds. The molecule has 1 heterocycles. The molecular weight excluding hydrogens is 356 g/mol. The maximum Gasteiger partial charge on any atom is 0.314 e. The van der Waals surface area contributed by atoms with E-state index >= 15 is 0 Å². The number of methoxy groups -OCH3 is 1. The monoisotopic (exact) mass is 382 g/mol. The van der Waals surface area contributed by atoms with Gasteiger partial charge in [0, 0.05) is 48.8 Å². The number of nitrogens with one attached hydrogen (secondary N) is 3. The minimum absolute atomic E-state index is 0.561. The van der Waals surface area contributed by atoms with Gasteiger partial charge in [0.2, 0.25) is 0 Å². The van der Waals surface area contributed by atoms with E-state index in [0.29, 0.717) is 17.1 Å². The van der Waals surface area contributed by atoms with Crippen molar-refractivity contribution in [3.8, 4) is 5.75 Å². The minimum atomic E-state index is -0.720. The van der Waals surface area contributed by atoms with Crippen LogP contribution < -0.4 is 25.6 Å². The molecule has 1 aliphatic rings. The van der Waals surface area contributed by atoms with Gasteiger partial charge in [-0.3, -0.25) is 9.59 Å². The Kier molecular flexibility index (Phi) is 6.16. The lowest BCUT2D eigenvalue weighted by atomic mass is 10.1. The lowest BCUT2D eigenvalue weighted by Gasteiger charge is -2.29. The summed E-state index contributed by atoms with van der Waals surface area (Å²) in [5, 5.41) is 8.62. The van der Waals surface area contributed by atoms with Crippen LogP contribution in [-0.2, 0) is 9.59 Å². The normalized spacial score (nSPS) is 13.8. The number of benzene rings is 2. The molecule has 28 heavy (non-hydrogen) atoms. The summed E-state index contributed by atoms with van der Waals surface area (Å²) < 4.78 is 5.31. The Morgan fingerprint density at radius 3 is 2.29 bits per heavy atom. The van der Waals surface area contributed by atoms with Crippen LogP contribution in [0.1, 0.15) is 11.1 Å². The van der Waals surface area contributed by atoms with E-state index in [0.717, 1.165) is 43.0 Å². The SMILES string of the molecule is COc1cc(C)cc(NC(=O)C(=O)Nc2ccc(N3CCNCC3)cc2)c1C. The average molecular weight is 382 g/mol. The van der Waals surface area contributed by atoms with Crippen LogP contribution in [0.5, 0.6) is 5.75 Å². The lowest BCUT2D eigenvalue weighted by molar-refractivity contribution is -0.133. The zero-order chi connectivity index (χ0) is 20.1. The van der Waals surface area contributed by atoms with Crippen molar-refractivity contribution in [2.75, 3.05) is 48.8 Å². The fourth-order valence-corrected chi connectivity index (χ4v) is 3.21. The van der Waals surface area contributed by atoms with Crippen LogP contribution in [0, 0.1) is 13.8 Å². The average Bonchev–Trinajstić information content (AvgIpc) is 2.71. The van der Waals surface area contributed by atoms with Gasteiger partial charge in [0.15, 0.2) is 0 Å². The largest absolute Gasteiger partial charge is 0.496 e. The van der Waals surface area contributed by atoms with Crippen molar-refractivity contribution in [2.24, 2.45) is 0 Å². The molecule has 0 saturated carbocycles. The molecular formula is C21H26N4O3. The van der Waals surface area contributed by atoms with E-state index < -0.39 is 11.8 Å². The summed E-state index contributed by atoms with van der Waals surface area (Å²) >= 11 is 0. The van der Waals surface area contributed by atoms with Crippen molar-refractivity contribution in [2.45, 2.75) is 13.8 Å². The van der Waals surface area contributed by atoms with E-state index in [-0.39, 0.29) is 0 Å². The second kappa shape index (κ2) is 8.75. The molecule has 0 unspecified atom stereocenters. The second-order valence-corrected chi connectivity index (χ2v) is 6.83. The number of ether oxygens (including phenoxy) is 1. The lowest BCUT2D eigenvalue weighted by Crippen LogP contribution is -2.43. The number of carbonyl (C=O) groups is 2. The Hall–Kier alpha value is -3.06. The van der Waals surface area contributed by atoms with Crippen LogP contribution in [0.2, 0.25) is 0 Å². The number of hydrogen-bond acceptors (Lipinski definition) is 5. The first-order valence-corrected chi connectivity index (χ1v) is 9.31. The van der Waals surface area contributed by atoms with Gasteiger partial charge in [-0.1, -0.05) is 0 Å². The smallest absolute Gasteiger partial charge is 0.314 e. The topological polar surface area (TPSA) is 82.7 Å². The molecule has 2 aromatic carbocycles. The summed E-state index contributed by atoms with van der Waals surface area (Å²) in [6.07, 6.45) is 0. The van der Waals surface area contributed by atoms with E-state index in [1.54, 1.807) is 7.11 Å². The second-order valence-electron chi connectivity index (χ2n) is 6.83.